The molecule has 1 aliphatic heterocycles. The maximum absolute atomic E-state index is 13.2. The van der Waals surface area contributed by atoms with Crippen LogP contribution >= 0.6 is 0 Å². The molecule has 1 saturated heterocycles. The Morgan fingerprint density at radius 3 is 2.59 bits per heavy atom. The molecule has 0 radical (unpaired) electrons. The third kappa shape index (κ3) is 3.74. The number of aryl methyl sites for hydroxylation is 2. The van der Waals surface area contributed by atoms with E-state index in [0.717, 1.165) is 27.9 Å². The summed E-state index contributed by atoms with van der Waals surface area (Å²) in [7, 11) is -1.90. The number of imidazole rings is 1. The number of sulfonamides is 1. The predicted octanol–water partition coefficient (Wildman–Crippen LogP) is 3.42. The standard InChI is InChI=1S/C24H26N4O3S/c1-17-20(19-10-6-7-11-23(19)31-17)12-25-22-14-28(13-21(22)18-8-4-3-5-9-18)32(29,30)24-15-27(2)16-26-24/h3-11,15-16,21-22,25H,12-14H2,1-2H3. The summed E-state index contributed by atoms with van der Waals surface area (Å²) in [4.78, 5) is 4.09. The summed E-state index contributed by atoms with van der Waals surface area (Å²) in [5, 5.41) is 4.81. The van der Waals surface area contributed by atoms with E-state index in [1.807, 2.05) is 43.3 Å². The van der Waals surface area contributed by atoms with Crippen LogP contribution in [0.5, 0.6) is 0 Å². The normalized spacial score (nSPS) is 19.7. The first-order chi connectivity index (χ1) is 15.4. The highest BCUT2D eigenvalue weighted by Crippen LogP contribution is 2.32. The molecule has 3 heterocycles. The van der Waals surface area contributed by atoms with Crippen molar-refractivity contribution in [3.05, 3.63) is 84.0 Å². The Balaban J connectivity index is 1.43. The number of para-hydroxylation sites is 1. The van der Waals surface area contributed by atoms with Gasteiger partial charge in [0.05, 0.1) is 6.33 Å². The first-order valence-electron chi connectivity index (χ1n) is 10.7. The van der Waals surface area contributed by atoms with Gasteiger partial charge in [-0.2, -0.15) is 4.31 Å². The second-order valence-corrected chi connectivity index (χ2v) is 10.2. The molecule has 1 fully saturated rings. The van der Waals surface area contributed by atoms with Crippen LogP contribution in [0.1, 0.15) is 22.8 Å². The van der Waals surface area contributed by atoms with Crippen LogP contribution in [0.25, 0.3) is 11.0 Å². The summed E-state index contributed by atoms with van der Waals surface area (Å²) < 4.78 is 35.6. The Morgan fingerprint density at radius 2 is 1.84 bits per heavy atom. The van der Waals surface area contributed by atoms with Crippen LogP contribution < -0.4 is 5.32 Å². The number of rotatable bonds is 6. The summed E-state index contributed by atoms with van der Waals surface area (Å²) >= 11 is 0. The van der Waals surface area contributed by atoms with E-state index in [0.29, 0.717) is 19.6 Å². The van der Waals surface area contributed by atoms with E-state index in [1.54, 1.807) is 22.1 Å². The van der Waals surface area contributed by atoms with Crippen molar-refractivity contribution in [1.82, 2.24) is 19.2 Å². The first-order valence-corrected chi connectivity index (χ1v) is 12.1. The van der Waals surface area contributed by atoms with Crippen molar-refractivity contribution in [1.29, 1.82) is 0 Å². The summed E-state index contributed by atoms with van der Waals surface area (Å²) in [5.74, 6) is 0.916. The van der Waals surface area contributed by atoms with Crippen molar-refractivity contribution in [3.8, 4) is 0 Å². The highest BCUT2D eigenvalue weighted by molar-refractivity contribution is 7.89. The zero-order valence-corrected chi connectivity index (χ0v) is 18.9. The van der Waals surface area contributed by atoms with Crippen LogP contribution in [0.4, 0.5) is 0 Å². The van der Waals surface area contributed by atoms with E-state index < -0.39 is 10.0 Å². The van der Waals surface area contributed by atoms with Gasteiger partial charge in [0.2, 0.25) is 0 Å². The summed E-state index contributed by atoms with van der Waals surface area (Å²) in [5.41, 5.74) is 3.10. The Morgan fingerprint density at radius 1 is 1.09 bits per heavy atom. The van der Waals surface area contributed by atoms with Crippen molar-refractivity contribution in [2.45, 2.75) is 30.5 Å². The van der Waals surface area contributed by atoms with Gasteiger partial charge in [-0.15, -0.1) is 0 Å². The molecule has 0 amide bonds. The van der Waals surface area contributed by atoms with Crippen LogP contribution in [0.15, 0.2) is 76.6 Å². The minimum atomic E-state index is -3.66. The molecule has 5 rings (SSSR count). The number of nitrogens with zero attached hydrogens (tertiary/aromatic N) is 3. The highest BCUT2D eigenvalue weighted by Gasteiger charge is 2.40. The predicted molar refractivity (Wildman–Crippen MR) is 123 cm³/mol. The maximum atomic E-state index is 13.2. The number of fused-ring (bicyclic) bond motifs is 1. The quantitative estimate of drug-likeness (QED) is 0.487. The van der Waals surface area contributed by atoms with Crippen molar-refractivity contribution in [2.24, 2.45) is 7.05 Å². The lowest BCUT2D eigenvalue weighted by atomic mass is 9.94. The first kappa shape index (κ1) is 20.9. The van der Waals surface area contributed by atoms with Crippen molar-refractivity contribution in [3.63, 3.8) is 0 Å². The molecule has 2 aromatic heterocycles. The molecule has 166 valence electrons. The molecule has 32 heavy (non-hydrogen) atoms. The van der Waals surface area contributed by atoms with Crippen LogP contribution in [0, 0.1) is 6.92 Å². The lowest BCUT2D eigenvalue weighted by molar-refractivity contribution is 0.452. The highest BCUT2D eigenvalue weighted by atomic mass is 32.2. The van der Waals surface area contributed by atoms with Crippen LogP contribution in [0.3, 0.4) is 0 Å². The van der Waals surface area contributed by atoms with Gasteiger partial charge in [0.15, 0.2) is 5.03 Å². The topological polar surface area (TPSA) is 80.4 Å². The lowest BCUT2D eigenvalue weighted by Crippen LogP contribution is -2.36. The van der Waals surface area contributed by atoms with Crippen LogP contribution in [-0.2, 0) is 23.6 Å². The summed E-state index contributed by atoms with van der Waals surface area (Å²) in [6.07, 6.45) is 3.06. The number of hydrogen-bond acceptors (Lipinski definition) is 5. The fourth-order valence-corrected chi connectivity index (χ4v) is 6.00. The molecule has 0 saturated carbocycles. The fourth-order valence-electron chi connectivity index (χ4n) is 4.54. The molecule has 4 aromatic rings. The number of nitrogens with one attached hydrogen (secondary N) is 1. The molecule has 2 unspecified atom stereocenters. The van der Waals surface area contributed by atoms with E-state index in [2.05, 4.69) is 28.5 Å². The van der Waals surface area contributed by atoms with E-state index in [1.165, 1.54) is 6.33 Å². The summed E-state index contributed by atoms with van der Waals surface area (Å²) in [6, 6.07) is 18.1. The molecule has 2 atom stereocenters. The number of furan rings is 1. The van der Waals surface area contributed by atoms with Gasteiger partial charge in [-0.3, -0.25) is 0 Å². The molecule has 7 nitrogen and oxygen atoms in total. The Bertz CT molecular complexity index is 1340. The van der Waals surface area contributed by atoms with Crippen molar-refractivity contribution >= 4 is 21.0 Å². The second-order valence-electron chi connectivity index (χ2n) is 8.34. The minimum Gasteiger partial charge on any atom is -0.461 e. The molecule has 8 heteroatoms. The fraction of sp³-hybridized carbons (Fsp3) is 0.292. The maximum Gasteiger partial charge on any atom is 0.262 e. The van der Waals surface area contributed by atoms with Gasteiger partial charge in [-0.25, -0.2) is 13.4 Å². The molecular formula is C24H26N4O3S. The summed E-state index contributed by atoms with van der Waals surface area (Å²) in [6.45, 7) is 3.37. The van der Waals surface area contributed by atoms with E-state index in [-0.39, 0.29) is 17.0 Å². The lowest BCUT2D eigenvalue weighted by Gasteiger charge is -2.20. The molecular weight excluding hydrogens is 424 g/mol. The Kier molecular flexibility index (Phi) is 5.36. The smallest absolute Gasteiger partial charge is 0.262 e. The van der Waals surface area contributed by atoms with Gasteiger partial charge in [-0.05, 0) is 18.6 Å². The van der Waals surface area contributed by atoms with Gasteiger partial charge in [-0.1, -0.05) is 48.5 Å². The molecule has 0 aliphatic carbocycles. The largest absolute Gasteiger partial charge is 0.461 e. The number of hydrogen-bond donors (Lipinski definition) is 1. The van der Waals surface area contributed by atoms with E-state index >= 15 is 0 Å². The van der Waals surface area contributed by atoms with Crippen LogP contribution in [0.2, 0.25) is 0 Å². The number of aromatic nitrogens is 2. The SMILES string of the molecule is Cc1oc2ccccc2c1CNC1CN(S(=O)(=O)c2cn(C)cn2)CC1c1ccccc1. The van der Waals surface area contributed by atoms with Gasteiger partial charge in [0.1, 0.15) is 11.3 Å². The third-order valence-corrected chi connectivity index (χ3v) is 7.96. The average Bonchev–Trinajstić information content (AvgIpc) is 3.50. The molecule has 0 bridgehead atoms. The number of benzene rings is 2. The zero-order chi connectivity index (χ0) is 22.3. The van der Waals surface area contributed by atoms with Gasteiger partial charge in [0, 0.05) is 55.8 Å². The van der Waals surface area contributed by atoms with Gasteiger partial charge < -0.3 is 14.3 Å². The van der Waals surface area contributed by atoms with Crippen molar-refractivity contribution in [2.75, 3.05) is 13.1 Å². The molecule has 1 N–H and O–H groups in total. The van der Waals surface area contributed by atoms with Gasteiger partial charge >= 0.3 is 0 Å². The van der Waals surface area contributed by atoms with E-state index in [9.17, 15) is 8.42 Å². The third-order valence-electron chi connectivity index (χ3n) is 6.24. The zero-order valence-electron chi connectivity index (χ0n) is 18.1. The van der Waals surface area contributed by atoms with Gasteiger partial charge in [0.25, 0.3) is 10.0 Å². The van der Waals surface area contributed by atoms with Crippen molar-refractivity contribution < 1.29 is 12.8 Å². The van der Waals surface area contributed by atoms with E-state index in [4.69, 9.17) is 4.42 Å². The second kappa shape index (κ2) is 8.20. The monoisotopic (exact) mass is 450 g/mol. The average molecular weight is 451 g/mol. The molecule has 2 aromatic carbocycles. The minimum absolute atomic E-state index is 0.0353. The Hall–Kier alpha value is -2.94. The Labute approximate surface area is 187 Å². The van der Waals surface area contributed by atoms with Crippen LogP contribution in [-0.4, -0.2) is 41.4 Å². The molecule has 0 spiro atoms. The molecule has 1 aliphatic rings.